The van der Waals surface area contributed by atoms with E-state index < -0.39 is 6.10 Å². The fraction of sp³-hybridized carbons (Fsp3) is 0.571. The third-order valence-electron chi connectivity index (χ3n) is 3.02. The minimum atomic E-state index is -0.436. The number of benzene rings is 1. The highest BCUT2D eigenvalue weighted by molar-refractivity contribution is 5.42. The molecule has 0 bridgehead atoms. The number of nitrogens with one attached hydrogen (secondary N) is 1. The molecule has 0 aliphatic carbocycles. The minimum absolute atomic E-state index is 0.185. The molecule has 0 amide bonds. The van der Waals surface area contributed by atoms with Crippen LogP contribution in [0.25, 0.3) is 0 Å². The van der Waals surface area contributed by atoms with Crippen LogP contribution in [0.1, 0.15) is 31.9 Å². The Morgan fingerprint density at radius 1 is 1.39 bits per heavy atom. The summed E-state index contributed by atoms with van der Waals surface area (Å²) >= 11 is 0. The Balaban J connectivity index is 2.89. The lowest BCUT2D eigenvalue weighted by Gasteiger charge is -2.18. The summed E-state index contributed by atoms with van der Waals surface area (Å²) in [5.41, 5.74) is 1.06. The van der Waals surface area contributed by atoms with E-state index in [2.05, 4.69) is 12.2 Å². The molecule has 2 atom stereocenters. The van der Waals surface area contributed by atoms with E-state index in [-0.39, 0.29) is 6.04 Å². The van der Waals surface area contributed by atoms with E-state index in [1.165, 1.54) is 0 Å². The van der Waals surface area contributed by atoms with Gasteiger partial charge in [0.15, 0.2) is 0 Å². The first-order valence-corrected chi connectivity index (χ1v) is 6.28. The second-order valence-electron chi connectivity index (χ2n) is 4.29. The lowest BCUT2D eigenvalue weighted by atomic mass is 10.1. The van der Waals surface area contributed by atoms with Crippen LogP contribution in [-0.4, -0.2) is 32.0 Å². The van der Waals surface area contributed by atoms with Crippen molar-refractivity contribution in [2.24, 2.45) is 0 Å². The zero-order valence-corrected chi connectivity index (χ0v) is 11.6. The normalized spacial score (nSPS) is 14.1. The molecule has 0 saturated heterocycles. The zero-order valence-electron chi connectivity index (χ0n) is 11.6. The van der Waals surface area contributed by atoms with Gasteiger partial charge in [0.2, 0.25) is 0 Å². The van der Waals surface area contributed by atoms with Crippen LogP contribution in [0.4, 0.5) is 0 Å². The van der Waals surface area contributed by atoms with Crippen molar-refractivity contribution >= 4 is 0 Å². The van der Waals surface area contributed by atoms with E-state index in [0.717, 1.165) is 17.1 Å². The van der Waals surface area contributed by atoms with Gasteiger partial charge in [0.05, 0.1) is 13.2 Å². The Kier molecular flexibility index (Phi) is 5.95. The maximum Gasteiger partial charge on any atom is 0.127 e. The first-order valence-electron chi connectivity index (χ1n) is 6.28. The standard InChI is InChI=1S/C14H23NO3/c1-5-11(16)9-18-14-8-12(17-4)6-7-13(14)10(2)15-3/h6-8,10-11,15-16H,5,9H2,1-4H3. The molecule has 2 N–H and O–H groups in total. The molecule has 0 aromatic heterocycles. The van der Waals surface area contributed by atoms with Crippen LogP contribution in [0, 0.1) is 0 Å². The van der Waals surface area contributed by atoms with Crippen molar-refractivity contribution in [3.05, 3.63) is 23.8 Å². The summed E-state index contributed by atoms with van der Waals surface area (Å²) in [7, 11) is 3.53. The summed E-state index contributed by atoms with van der Waals surface area (Å²) in [6.45, 7) is 4.29. The van der Waals surface area contributed by atoms with Gasteiger partial charge in [0.1, 0.15) is 18.1 Å². The van der Waals surface area contributed by atoms with Crippen molar-refractivity contribution < 1.29 is 14.6 Å². The Morgan fingerprint density at radius 3 is 2.67 bits per heavy atom. The van der Waals surface area contributed by atoms with Crippen molar-refractivity contribution in [1.82, 2.24) is 5.32 Å². The molecule has 0 spiro atoms. The number of hydrogen-bond donors (Lipinski definition) is 2. The van der Waals surface area contributed by atoms with Crippen molar-refractivity contribution in [2.75, 3.05) is 20.8 Å². The number of rotatable bonds is 7. The third-order valence-corrected chi connectivity index (χ3v) is 3.02. The van der Waals surface area contributed by atoms with E-state index in [1.807, 2.05) is 32.2 Å². The molecule has 1 aromatic rings. The Morgan fingerprint density at radius 2 is 2.11 bits per heavy atom. The van der Waals surface area contributed by atoms with Gasteiger partial charge in [0, 0.05) is 17.7 Å². The van der Waals surface area contributed by atoms with Gasteiger partial charge in [-0.05, 0) is 26.5 Å². The molecule has 0 fully saturated rings. The van der Waals surface area contributed by atoms with Crippen molar-refractivity contribution in [2.45, 2.75) is 32.4 Å². The highest BCUT2D eigenvalue weighted by Gasteiger charge is 2.12. The molecule has 0 saturated carbocycles. The van der Waals surface area contributed by atoms with Gasteiger partial charge < -0.3 is 19.9 Å². The topological polar surface area (TPSA) is 50.7 Å². The third kappa shape index (κ3) is 3.89. The lowest BCUT2D eigenvalue weighted by Crippen LogP contribution is -2.19. The summed E-state index contributed by atoms with van der Waals surface area (Å²) in [4.78, 5) is 0. The van der Waals surface area contributed by atoms with E-state index in [1.54, 1.807) is 7.11 Å². The number of aliphatic hydroxyl groups excluding tert-OH is 1. The van der Waals surface area contributed by atoms with Gasteiger partial charge >= 0.3 is 0 Å². The van der Waals surface area contributed by atoms with Crippen molar-refractivity contribution in [1.29, 1.82) is 0 Å². The summed E-state index contributed by atoms with van der Waals surface area (Å²) in [5.74, 6) is 1.51. The van der Waals surface area contributed by atoms with Crippen LogP contribution in [0.5, 0.6) is 11.5 Å². The summed E-state index contributed by atoms with van der Waals surface area (Å²) < 4.78 is 10.9. The van der Waals surface area contributed by atoms with Crippen LogP contribution >= 0.6 is 0 Å². The Hall–Kier alpha value is -1.26. The van der Waals surface area contributed by atoms with Crippen LogP contribution in [0.15, 0.2) is 18.2 Å². The van der Waals surface area contributed by atoms with E-state index in [9.17, 15) is 5.11 Å². The number of hydrogen-bond acceptors (Lipinski definition) is 4. The Labute approximate surface area is 109 Å². The second kappa shape index (κ2) is 7.24. The molecule has 0 radical (unpaired) electrons. The van der Waals surface area contributed by atoms with E-state index >= 15 is 0 Å². The molecule has 1 rings (SSSR count). The van der Waals surface area contributed by atoms with Crippen molar-refractivity contribution in [3.63, 3.8) is 0 Å². The van der Waals surface area contributed by atoms with Crippen LogP contribution < -0.4 is 14.8 Å². The van der Waals surface area contributed by atoms with Gasteiger partial charge in [-0.2, -0.15) is 0 Å². The van der Waals surface area contributed by atoms with Gasteiger partial charge in [0.25, 0.3) is 0 Å². The molecule has 4 nitrogen and oxygen atoms in total. The first kappa shape index (κ1) is 14.8. The van der Waals surface area contributed by atoms with Gasteiger partial charge in [-0.25, -0.2) is 0 Å². The quantitative estimate of drug-likeness (QED) is 0.781. The first-order chi connectivity index (χ1) is 8.62. The summed E-state index contributed by atoms with van der Waals surface area (Å²) in [6.07, 6.45) is 0.245. The fourth-order valence-electron chi connectivity index (χ4n) is 1.58. The predicted octanol–water partition coefficient (Wildman–Crippen LogP) is 2.13. The zero-order chi connectivity index (χ0) is 13.5. The van der Waals surface area contributed by atoms with Gasteiger partial charge in [-0.3, -0.25) is 0 Å². The molecule has 0 aliphatic rings. The molecule has 1 aromatic carbocycles. The summed E-state index contributed by atoms with van der Waals surface area (Å²) in [6, 6.07) is 5.93. The molecule has 0 aliphatic heterocycles. The second-order valence-corrected chi connectivity index (χ2v) is 4.29. The van der Waals surface area contributed by atoms with Gasteiger partial charge in [-0.1, -0.05) is 13.0 Å². The molecule has 18 heavy (non-hydrogen) atoms. The number of aliphatic hydroxyl groups is 1. The largest absolute Gasteiger partial charge is 0.497 e. The Bertz CT molecular complexity index is 368. The molecule has 102 valence electrons. The SMILES string of the molecule is CCC(O)COc1cc(OC)ccc1C(C)NC. The number of methoxy groups -OCH3 is 1. The molecular formula is C14H23NO3. The lowest BCUT2D eigenvalue weighted by molar-refractivity contribution is 0.103. The average Bonchev–Trinajstić information content (AvgIpc) is 2.43. The maximum absolute atomic E-state index is 9.56. The fourth-order valence-corrected chi connectivity index (χ4v) is 1.58. The smallest absolute Gasteiger partial charge is 0.127 e. The van der Waals surface area contributed by atoms with Gasteiger partial charge in [-0.15, -0.1) is 0 Å². The predicted molar refractivity (Wildman–Crippen MR) is 72.3 cm³/mol. The van der Waals surface area contributed by atoms with Crippen LogP contribution in [0.3, 0.4) is 0 Å². The maximum atomic E-state index is 9.56. The molecule has 4 heteroatoms. The average molecular weight is 253 g/mol. The van der Waals surface area contributed by atoms with E-state index in [4.69, 9.17) is 9.47 Å². The minimum Gasteiger partial charge on any atom is -0.497 e. The monoisotopic (exact) mass is 253 g/mol. The molecule has 2 unspecified atom stereocenters. The number of ether oxygens (including phenoxy) is 2. The molecule has 0 heterocycles. The summed E-state index contributed by atoms with van der Waals surface area (Å²) in [5, 5.41) is 12.7. The highest BCUT2D eigenvalue weighted by Crippen LogP contribution is 2.29. The molecular weight excluding hydrogens is 230 g/mol. The van der Waals surface area contributed by atoms with Crippen LogP contribution in [0.2, 0.25) is 0 Å². The van der Waals surface area contributed by atoms with Crippen molar-refractivity contribution in [3.8, 4) is 11.5 Å². The van der Waals surface area contributed by atoms with Crippen LogP contribution in [-0.2, 0) is 0 Å². The van der Waals surface area contributed by atoms with E-state index in [0.29, 0.717) is 13.0 Å². The highest BCUT2D eigenvalue weighted by atomic mass is 16.5.